The molecule has 0 radical (unpaired) electrons. The molecule has 0 amide bonds. The molecule has 0 aliphatic rings. The van der Waals surface area contributed by atoms with Crippen molar-refractivity contribution in [3.05, 3.63) is 34.6 Å². The lowest BCUT2D eigenvalue weighted by Crippen LogP contribution is -2.36. The van der Waals surface area contributed by atoms with Gasteiger partial charge in [0.2, 0.25) is 0 Å². The molecule has 0 aliphatic heterocycles. The van der Waals surface area contributed by atoms with Crippen LogP contribution in [0, 0.1) is 0 Å². The monoisotopic (exact) mass is 234 g/mol. The van der Waals surface area contributed by atoms with Crippen molar-refractivity contribution in [1.82, 2.24) is 15.0 Å². The molecule has 1 heterocycles. The van der Waals surface area contributed by atoms with Gasteiger partial charge in [-0.25, -0.2) is 4.68 Å². The van der Waals surface area contributed by atoms with E-state index >= 15 is 0 Å². The number of fused-ring (bicyclic) bond motifs is 1. The van der Waals surface area contributed by atoms with Gasteiger partial charge in [-0.15, -0.1) is 5.10 Å². The maximum atomic E-state index is 12.0. The van der Waals surface area contributed by atoms with Gasteiger partial charge >= 0.3 is 0 Å². The van der Waals surface area contributed by atoms with Crippen molar-refractivity contribution in [3.63, 3.8) is 0 Å². The van der Waals surface area contributed by atoms with E-state index < -0.39 is 0 Å². The van der Waals surface area contributed by atoms with Gasteiger partial charge in [0.1, 0.15) is 5.52 Å². The first kappa shape index (κ1) is 11.7. The van der Waals surface area contributed by atoms with Crippen molar-refractivity contribution in [3.8, 4) is 0 Å². The summed E-state index contributed by atoms with van der Waals surface area (Å²) in [5.41, 5.74) is 6.19. The Bertz CT molecular complexity index is 567. The fourth-order valence-electron chi connectivity index (χ4n) is 1.63. The number of nitrogens with two attached hydrogens (primary N) is 1. The Kier molecular flexibility index (Phi) is 3.46. The van der Waals surface area contributed by atoms with E-state index in [2.05, 4.69) is 10.3 Å². The second kappa shape index (κ2) is 5.03. The van der Waals surface area contributed by atoms with Crippen LogP contribution in [0.3, 0.4) is 0 Å². The second-order valence-corrected chi connectivity index (χ2v) is 3.81. The van der Waals surface area contributed by atoms with Crippen LogP contribution < -0.4 is 11.3 Å². The third-order valence-corrected chi connectivity index (χ3v) is 2.42. The Morgan fingerprint density at radius 3 is 3.00 bits per heavy atom. The van der Waals surface area contributed by atoms with Crippen molar-refractivity contribution in [1.29, 1.82) is 0 Å². The largest absolute Gasteiger partial charge is 0.383 e. The van der Waals surface area contributed by atoms with Crippen LogP contribution in [0.1, 0.15) is 0 Å². The van der Waals surface area contributed by atoms with E-state index in [1.807, 2.05) is 6.07 Å². The number of hydrogen-bond acceptors (Lipinski definition) is 5. The molecular formula is C11H14N4O2. The molecule has 0 saturated carbocycles. The van der Waals surface area contributed by atoms with Crippen molar-refractivity contribution >= 4 is 10.9 Å². The van der Waals surface area contributed by atoms with E-state index in [0.717, 1.165) is 0 Å². The predicted molar refractivity (Wildman–Crippen MR) is 63.6 cm³/mol. The third-order valence-electron chi connectivity index (χ3n) is 2.42. The van der Waals surface area contributed by atoms with Crippen LogP contribution >= 0.6 is 0 Å². The highest BCUT2D eigenvalue weighted by atomic mass is 16.5. The summed E-state index contributed by atoms with van der Waals surface area (Å²) in [6.45, 7) is 0.672. The minimum atomic E-state index is -0.270. The number of rotatable bonds is 4. The van der Waals surface area contributed by atoms with E-state index in [1.54, 1.807) is 25.3 Å². The number of methoxy groups -OCH3 is 1. The van der Waals surface area contributed by atoms with Gasteiger partial charge in [-0.1, -0.05) is 17.3 Å². The Hall–Kier alpha value is -1.79. The van der Waals surface area contributed by atoms with E-state index in [0.29, 0.717) is 24.1 Å². The molecule has 1 unspecified atom stereocenters. The maximum Gasteiger partial charge on any atom is 0.277 e. The maximum absolute atomic E-state index is 12.0. The molecule has 90 valence electrons. The molecule has 6 heteroatoms. The average molecular weight is 234 g/mol. The zero-order chi connectivity index (χ0) is 12.3. The van der Waals surface area contributed by atoms with Gasteiger partial charge in [0.25, 0.3) is 5.56 Å². The van der Waals surface area contributed by atoms with Crippen LogP contribution in [0.25, 0.3) is 10.9 Å². The molecule has 0 saturated heterocycles. The number of hydrogen-bond donors (Lipinski definition) is 1. The van der Waals surface area contributed by atoms with Crippen molar-refractivity contribution in [2.45, 2.75) is 12.6 Å². The van der Waals surface area contributed by atoms with E-state index in [-0.39, 0.29) is 11.6 Å². The van der Waals surface area contributed by atoms with Crippen LogP contribution in [0.4, 0.5) is 0 Å². The molecule has 1 aromatic heterocycles. The number of aromatic nitrogens is 3. The summed E-state index contributed by atoms with van der Waals surface area (Å²) < 4.78 is 6.18. The van der Waals surface area contributed by atoms with Crippen LogP contribution in [0.15, 0.2) is 29.1 Å². The van der Waals surface area contributed by atoms with Gasteiger partial charge in [0.05, 0.1) is 18.5 Å². The Morgan fingerprint density at radius 2 is 2.24 bits per heavy atom. The SMILES string of the molecule is COCC(N)Cn1nnc2ccccc2c1=O. The lowest BCUT2D eigenvalue weighted by molar-refractivity contribution is 0.171. The Balaban J connectivity index is 2.36. The molecule has 0 spiro atoms. The molecule has 6 nitrogen and oxygen atoms in total. The summed E-state index contributed by atoms with van der Waals surface area (Å²) in [4.78, 5) is 12.0. The Labute approximate surface area is 98.0 Å². The van der Waals surface area contributed by atoms with Crippen LogP contribution in [-0.4, -0.2) is 34.8 Å². The van der Waals surface area contributed by atoms with Crippen LogP contribution in [0.2, 0.25) is 0 Å². The molecule has 1 atom stereocenters. The number of ether oxygens (including phenoxy) is 1. The minimum absolute atomic E-state index is 0.179. The second-order valence-electron chi connectivity index (χ2n) is 3.81. The molecule has 2 N–H and O–H groups in total. The van der Waals surface area contributed by atoms with Crippen LogP contribution in [0.5, 0.6) is 0 Å². The highest BCUT2D eigenvalue weighted by Crippen LogP contribution is 2.03. The van der Waals surface area contributed by atoms with Gasteiger partial charge in [-0.05, 0) is 12.1 Å². The summed E-state index contributed by atoms with van der Waals surface area (Å²) in [6, 6.07) is 6.82. The van der Waals surface area contributed by atoms with Gasteiger partial charge in [0, 0.05) is 13.2 Å². The van der Waals surface area contributed by atoms with Crippen LogP contribution in [-0.2, 0) is 11.3 Å². The molecule has 0 bridgehead atoms. The summed E-state index contributed by atoms with van der Waals surface area (Å²) in [5, 5.41) is 8.37. The lowest BCUT2D eigenvalue weighted by atomic mass is 10.2. The van der Waals surface area contributed by atoms with E-state index in [4.69, 9.17) is 10.5 Å². The topological polar surface area (TPSA) is 83.0 Å². The standard InChI is InChI=1S/C11H14N4O2/c1-17-7-8(12)6-15-11(16)9-4-2-3-5-10(9)13-14-15/h2-5,8H,6-7,12H2,1H3. The van der Waals surface area contributed by atoms with E-state index in [9.17, 15) is 4.79 Å². The highest BCUT2D eigenvalue weighted by molar-refractivity contribution is 5.76. The highest BCUT2D eigenvalue weighted by Gasteiger charge is 2.08. The van der Waals surface area contributed by atoms with E-state index in [1.165, 1.54) is 4.68 Å². The first-order chi connectivity index (χ1) is 8.22. The smallest absolute Gasteiger partial charge is 0.277 e. The normalized spacial score (nSPS) is 12.8. The third kappa shape index (κ3) is 2.48. The quantitative estimate of drug-likeness (QED) is 0.789. The van der Waals surface area contributed by atoms with Gasteiger partial charge in [-0.3, -0.25) is 4.79 Å². The zero-order valence-electron chi connectivity index (χ0n) is 9.54. The minimum Gasteiger partial charge on any atom is -0.383 e. The first-order valence-electron chi connectivity index (χ1n) is 5.29. The van der Waals surface area contributed by atoms with Gasteiger partial charge < -0.3 is 10.5 Å². The molecule has 0 fully saturated rings. The molecule has 17 heavy (non-hydrogen) atoms. The Morgan fingerprint density at radius 1 is 1.47 bits per heavy atom. The molecule has 2 rings (SSSR count). The number of nitrogens with zero attached hydrogens (tertiary/aromatic N) is 3. The summed E-state index contributed by atoms with van der Waals surface area (Å²) in [6.07, 6.45) is 0. The molecule has 2 aromatic rings. The molecule has 0 aliphatic carbocycles. The fraction of sp³-hybridized carbons (Fsp3) is 0.364. The summed E-state index contributed by atoms with van der Waals surface area (Å²) in [7, 11) is 1.56. The molecular weight excluding hydrogens is 220 g/mol. The van der Waals surface area contributed by atoms with Crippen molar-refractivity contribution < 1.29 is 4.74 Å². The van der Waals surface area contributed by atoms with Gasteiger partial charge in [-0.2, -0.15) is 0 Å². The first-order valence-corrected chi connectivity index (χ1v) is 5.29. The van der Waals surface area contributed by atoms with Gasteiger partial charge in [0.15, 0.2) is 0 Å². The summed E-state index contributed by atoms with van der Waals surface area (Å²) >= 11 is 0. The fourth-order valence-corrected chi connectivity index (χ4v) is 1.63. The predicted octanol–water partition coefficient (Wildman–Crippen LogP) is -0.235. The average Bonchev–Trinajstić information content (AvgIpc) is 2.33. The summed E-state index contributed by atoms with van der Waals surface area (Å²) in [5.74, 6) is 0. The zero-order valence-corrected chi connectivity index (χ0v) is 9.54. The lowest BCUT2D eigenvalue weighted by Gasteiger charge is -2.10. The van der Waals surface area contributed by atoms with Crippen molar-refractivity contribution in [2.75, 3.05) is 13.7 Å². The number of benzene rings is 1. The molecule has 1 aromatic carbocycles. The van der Waals surface area contributed by atoms with Crippen molar-refractivity contribution in [2.24, 2.45) is 5.73 Å².